The minimum Gasteiger partial charge on any atom is -0.487 e. The number of carbonyl (C=O) groups is 1. The van der Waals surface area contributed by atoms with Crippen LogP contribution in [0.3, 0.4) is 0 Å². The molecule has 1 amide bonds. The fourth-order valence-electron chi connectivity index (χ4n) is 2.98. The second-order valence-corrected chi connectivity index (χ2v) is 6.57. The Kier molecular flexibility index (Phi) is 5.21. The Balaban J connectivity index is 1.82. The first-order valence-corrected chi connectivity index (χ1v) is 8.78. The van der Waals surface area contributed by atoms with Crippen LogP contribution < -0.4 is 10.1 Å². The normalized spacial score (nSPS) is 14.5. The number of ether oxygens (including phenoxy) is 1. The highest BCUT2D eigenvalue weighted by Gasteiger charge is 2.33. The van der Waals surface area contributed by atoms with Crippen molar-refractivity contribution in [1.29, 1.82) is 0 Å². The van der Waals surface area contributed by atoms with Gasteiger partial charge in [-0.25, -0.2) is 0 Å². The van der Waals surface area contributed by atoms with Crippen molar-refractivity contribution in [2.75, 3.05) is 6.61 Å². The van der Waals surface area contributed by atoms with Crippen LogP contribution in [0.4, 0.5) is 5.69 Å². The van der Waals surface area contributed by atoms with Gasteiger partial charge in [0.15, 0.2) is 5.75 Å². The topological polar surface area (TPSA) is 81.5 Å². The summed E-state index contributed by atoms with van der Waals surface area (Å²) in [6.45, 7) is 4.10. The highest BCUT2D eigenvalue weighted by Crippen LogP contribution is 2.41. The molecular weight excluding hydrogens is 332 g/mol. The summed E-state index contributed by atoms with van der Waals surface area (Å²) >= 11 is 0. The quantitative estimate of drug-likeness (QED) is 0.597. The Hall–Kier alpha value is -2.89. The highest BCUT2D eigenvalue weighted by atomic mass is 16.6. The summed E-state index contributed by atoms with van der Waals surface area (Å²) in [6, 6.07) is 12.4. The number of hydrogen-bond acceptors (Lipinski definition) is 4. The average Bonchev–Trinajstić information content (AvgIpc) is 3.46. The molecule has 1 fully saturated rings. The molecule has 0 unspecified atom stereocenters. The van der Waals surface area contributed by atoms with E-state index < -0.39 is 4.92 Å². The molecule has 0 saturated heterocycles. The Morgan fingerprint density at radius 1 is 1.27 bits per heavy atom. The molecule has 26 heavy (non-hydrogen) atoms. The molecule has 1 aliphatic carbocycles. The van der Waals surface area contributed by atoms with Crippen molar-refractivity contribution in [3.8, 4) is 5.75 Å². The summed E-state index contributed by atoms with van der Waals surface area (Å²) in [5.74, 6) is 0.277. The van der Waals surface area contributed by atoms with Crippen molar-refractivity contribution < 1.29 is 14.5 Å². The van der Waals surface area contributed by atoms with E-state index in [0.29, 0.717) is 12.5 Å². The number of nitro benzene ring substituents is 1. The zero-order valence-electron chi connectivity index (χ0n) is 14.9. The smallest absolute Gasteiger partial charge is 0.311 e. The van der Waals surface area contributed by atoms with Crippen LogP contribution >= 0.6 is 0 Å². The van der Waals surface area contributed by atoms with Gasteiger partial charge in [0.2, 0.25) is 0 Å². The second kappa shape index (κ2) is 7.56. The lowest BCUT2D eigenvalue weighted by Gasteiger charge is -2.19. The predicted molar refractivity (Wildman–Crippen MR) is 98.4 cm³/mol. The lowest BCUT2D eigenvalue weighted by atomic mass is 10.0. The molecule has 2 aromatic carbocycles. The van der Waals surface area contributed by atoms with Crippen LogP contribution in [-0.2, 0) is 0 Å². The van der Waals surface area contributed by atoms with Crippen LogP contribution in [0.2, 0.25) is 0 Å². The summed E-state index contributed by atoms with van der Waals surface area (Å²) in [6.07, 6.45) is 2.14. The zero-order chi connectivity index (χ0) is 18.7. The highest BCUT2D eigenvalue weighted by molar-refractivity contribution is 5.95. The fourth-order valence-corrected chi connectivity index (χ4v) is 2.98. The largest absolute Gasteiger partial charge is 0.487 e. The van der Waals surface area contributed by atoms with Gasteiger partial charge in [-0.3, -0.25) is 14.9 Å². The number of hydrogen-bond donors (Lipinski definition) is 1. The van der Waals surface area contributed by atoms with E-state index in [-0.39, 0.29) is 28.9 Å². The van der Waals surface area contributed by atoms with Gasteiger partial charge in [0.1, 0.15) is 0 Å². The lowest BCUT2D eigenvalue weighted by molar-refractivity contribution is -0.385. The van der Waals surface area contributed by atoms with Crippen molar-refractivity contribution in [3.05, 3.63) is 69.3 Å². The van der Waals surface area contributed by atoms with Crippen LogP contribution in [0.25, 0.3) is 0 Å². The molecule has 6 nitrogen and oxygen atoms in total. The molecule has 1 saturated carbocycles. The van der Waals surface area contributed by atoms with Crippen LogP contribution in [0.5, 0.6) is 5.75 Å². The number of benzene rings is 2. The van der Waals surface area contributed by atoms with Gasteiger partial charge < -0.3 is 10.1 Å². The van der Waals surface area contributed by atoms with Gasteiger partial charge in [0.25, 0.3) is 5.91 Å². The standard InChI is InChI=1S/C20H22N2O4/c1-3-26-18-11-10-16(12-17(18)22(24)25)20(23)21-19(15-8-9-15)14-6-4-13(2)5-7-14/h4-7,10-12,15,19H,3,8-9H2,1-2H3,(H,21,23)/t19-/m1/s1. The molecule has 3 rings (SSSR count). The first-order chi connectivity index (χ1) is 12.5. The van der Waals surface area contributed by atoms with Gasteiger partial charge in [0, 0.05) is 11.6 Å². The van der Waals surface area contributed by atoms with Crippen molar-refractivity contribution >= 4 is 11.6 Å². The third-order valence-corrected chi connectivity index (χ3v) is 4.53. The number of carbonyl (C=O) groups excluding carboxylic acids is 1. The molecule has 0 aromatic heterocycles. The van der Waals surface area contributed by atoms with Gasteiger partial charge >= 0.3 is 5.69 Å². The number of nitro groups is 1. The Bertz CT molecular complexity index is 813. The first-order valence-electron chi connectivity index (χ1n) is 8.78. The number of amides is 1. The summed E-state index contributed by atoms with van der Waals surface area (Å²) < 4.78 is 5.27. The van der Waals surface area contributed by atoms with Crippen LogP contribution in [0.15, 0.2) is 42.5 Å². The molecule has 1 aliphatic rings. The van der Waals surface area contributed by atoms with Crippen LogP contribution in [0.1, 0.15) is 47.3 Å². The molecule has 2 aromatic rings. The van der Waals surface area contributed by atoms with Gasteiger partial charge in [-0.1, -0.05) is 29.8 Å². The summed E-state index contributed by atoms with van der Waals surface area (Å²) in [5.41, 5.74) is 2.29. The minimum atomic E-state index is -0.528. The Morgan fingerprint density at radius 3 is 2.54 bits per heavy atom. The van der Waals surface area contributed by atoms with Crippen molar-refractivity contribution in [2.45, 2.75) is 32.7 Å². The summed E-state index contributed by atoms with van der Waals surface area (Å²) in [4.78, 5) is 23.4. The molecule has 0 aliphatic heterocycles. The molecule has 1 N–H and O–H groups in total. The van der Waals surface area contributed by atoms with Gasteiger partial charge in [-0.15, -0.1) is 0 Å². The molecule has 1 atom stereocenters. The number of aryl methyl sites for hydroxylation is 1. The molecule has 0 bridgehead atoms. The SMILES string of the molecule is CCOc1ccc(C(=O)N[C@H](c2ccc(C)cc2)C2CC2)cc1[N+](=O)[O-]. The zero-order valence-corrected chi connectivity index (χ0v) is 14.9. The molecule has 0 heterocycles. The van der Waals surface area contributed by atoms with E-state index in [2.05, 4.69) is 5.32 Å². The first kappa shape index (κ1) is 17.9. The van der Waals surface area contributed by atoms with Crippen molar-refractivity contribution in [3.63, 3.8) is 0 Å². The van der Waals surface area contributed by atoms with E-state index >= 15 is 0 Å². The average molecular weight is 354 g/mol. The lowest BCUT2D eigenvalue weighted by Crippen LogP contribution is -2.30. The molecule has 0 radical (unpaired) electrons. The third-order valence-electron chi connectivity index (χ3n) is 4.53. The van der Waals surface area contributed by atoms with Crippen molar-refractivity contribution in [1.82, 2.24) is 5.32 Å². The molecule has 136 valence electrons. The molecule has 6 heteroatoms. The van der Waals surface area contributed by atoms with E-state index in [1.54, 1.807) is 13.0 Å². The maximum absolute atomic E-state index is 12.7. The van der Waals surface area contributed by atoms with E-state index in [0.717, 1.165) is 24.0 Å². The van der Waals surface area contributed by atoms with Crippen molar-refractivity contribution in [2.24, 2.45) is 5.92 Å². The second-order valence-electron chi connectivity index (χ2n) is 6.57. The maximum atomic E-state index is 12.7. The minimum absolute atomic E-state index is 0.0753. The fraction of sp³-hybridized carbons (Fsp3) is 0.350. The van der Waals surface area contributed by atoms with Gasteiger partial charge in [0.05, 0.1) is 17.6 Å². The molecule has 0 spiro atoms. The van der Waals surface area contributed by atoms with Gasteiger partial charge in [-0.05, 0) is 50.3 Å². The van der Waals surface area contributed by atoms with Crippen LogP contribution in [-0.4, -0.2) is 17.4 Å². The van der Waals surface area contributed by atoms with Crippen LogP contribution in [0, 0.1) is 23.0 Å². The Labute approximate surface area is 152 Å². The van der Waals surface area contributed by atoms with Gasteiger partial charge in [-0.2, -0.15) is 0 Å². The molecular formula is C20H22N2O4. The maximum Gasteiger partial charge on any atom is 0.311 e. The third kappa shape index (κ3) is 4.02. The van der Waals surface area contributed by atoms with E-state index in [9.17, 15) is 14.9 Å². The number of nitrogens with zero attached hydrogens (tertiary/aromatic N) is 1. The van der Waals surface area contributed by atoms with E-state index in [1.165, 1.54) is 12.1 Å². The number of nitrogens with one attached hydrogen (secondary N) is 1. The monoisotopic (exact) mass is 354 g/mol. The Morgan fingerprint density at radius 2 is 1.96 bits per heavy atom. The summed E-state index contributed by atoms with van der Waals surface area (Å²) in [7, 11) is 0. The number of rotatable bonds is 7. The van der Waals surface area contributed by atoms with E-state index in [4.69, 9.17) is 4.74 Å². The van der Waals surface area contributed by atoms with E-state index in [1.807, 2.05) is 31.2 Å². The predicted octanol–water partition coefficient (Wildman–Crippen LogP) is 4.18. The summed E-state index contributed by atoms with van der Waals surface area (Å²) in [5, 5.41) is 14.3.